The van der Waals surface area contributed by atoms with E-state index < -0.39 is 16.1 Å². The van der Waals surface area contributed by atoms with Crippen LogP contribution in [-0.4, -0.2) is 51.4 Å². The summed E-state index contributed by atoms with van der Waals surface area (Å²) in [6, 6.07) is 17.3. The molecule has 26 heavy (non-hydrogen) atoms. The van der Waals surface area contributed by atoms with Gasteiger partial charge in [0, 0.05) is 31.9 Å². The van der Waals surface area contributed by atoms with Gasteiger partial charge in [-0.25, -0.2) is 8.42 Å². The van der Waals surface area contributed by atoms with Crippen LogP contribution in [0.15, 0.2) is 65.6 Å². The summed E-state index contributed by atoms with van der Waals surface area (Å²) in [6.45, 7) is 4.20. The number of piperazine rings is 1. The van der Waals surface area contributed by atoms with Gasteiger partial charge in [0.05, 0.1) is 10.9 Å². The average molecular weight is 373 g/mol. The van der Waals surface area contributed by atoms with Gasteiger partial charge in [-0.1, -0.05) is 36.4 Å². The second-order valence-corrected chi connectivity index (χ2v) is 8.02. The van der Waals surface area contributed by atoms with E-state index in [9.17, 15) is 13.2 Å². The maximum absolute atomic E-state index is 12.6. The van der Waals surface area contributed by atoms with Crippen LogP contribution in [0.25, 0.3) is 0 Å². The number of benzene rings is 2. The van der Waals surface area contributed by atoms with Crippen molar-refractivity contribution >= 4 is 21.6 Å². The van der Waals surface area contributed by atoms with Crippen LogP contribution in [0.3, 0.4) is 0 Å². The average Bonchev–Trinajstić information content (AvgIpc) is 2.68. The summed E-state index contributed by atoms with van der Waals surface area (Å²) < 4.78 is 27.2. The third kappa shape index (κ3) is 4.23. The van der Waals surface area contributed by atoms with Gasteiger partial charge in [-0.05, 0) is 31.2 Å². The van der Waals surface area contributed by atoms with E-state index in [0.717, 1.165) is 18.8 Å². The first-order valence-corrected chi connectivity index (χ1v) is 10.1. The highest BCUT2D eigenvalue weighted by Gasteiger charge is 2.28. The van der Waals surface area contributed by atoms with Gasteiger partial charge in [0.15, 0.2) is 0 Å². The Bertz CT molecular complexity index is 833. The molecule has 0 spiro atoms. The molecule has 0 aromatic heterocycles. The van der Waals surface area contributed by atoms with Crippen LogP contribution in [0.4, 0.5) is 5.69 Å². The van der Waals surface area contributed by atoms with Crippen molar-refractivity contribution < 1.29 is 13.2 Å². The van der Waals surface area contributed by atoms with Crippen molar-refractivity contribution in [3.8, 4) is 0 Å². The van der Waals surface area contributed by atoms with Gasteiger partial charge in [-0.3, -0.25) is 4.79 Å². The second kappa shape index (κ2) is 7.88. The zero-order chi connectivity index (χ0) is 18.6. The minimum atomic E-state index is -3.70. The molecule has 138 valence electrons. The van der Waals surface area contributed by atoms with Gasteiger partial charge in [0.2, 0.25) is 15.9 Å². The van der Waals surface area contributed by atoms with Crippen LogP contribution in [0.1, 0.15) is 6.92 Å². The lowest BCUT2D eigenvalue weighted by Gasteiger charge is -2.37. The molecule has 6 nitrogen and oxygen atoms in total. The van der Waals surface area contributed by atoms with Gasteiger partial charge < -0.3 is 9.80 Å². The molecular formula is C19H23N3O3S. The Kier molecular flexibility index (Phi) is 5.58. The Morgan fingerprint density at radius 3 is 2.04 bits per heavy atom. The van der Waals surface area contributed by atoms with Crippen molar-refractivity contribution in [2.75, 3.05) is 31.1 Å². The van der Waals surface area contributed by atoms with Crippen LogP contribution in [-0.2, 0) is 14.8 Å². The van der Waals surface area contributed by atoms with Crippen LogP contribution in [0.2, 0.25) is 0 Å². The highest BCUT2D eigenvalue weighted by Crippen LogP contribution is 2.16. The van der Waals surface area contributed by atoms with Gasteiger partial charge >= 0.3 is 0 Å². The molecule has 1 fully saturated rings. The van der Waals surface area contributed by atoms with E-state index in [1.165, 1.54) is 12.1 Å². The molecule has 0 radical (unpaired) electrons. The molecule has 1 aliphatic rings. The molecule has 2 aromatic carbocycles. The lowest BCUT2D eigenvalue weighted by molar-refractivity contribution is -0.132. The van der Waals surface area contributed by atoms with Crippen LogP contribution >= 0.6 is 0 Å². The summed E-state index contributed by atoms with van der Waals surface area (Å²) in [7, 11) is -3.70. The predicted molar refractivity (Wildman–Crippen MR) is 101 cm³/mol. The maximum atomic E-state index is 12.6. The monoisotopic (exact) mass is 373 g/mol. The molecule has 1 N–H and O–H groups in total. The van der Waals surface area contributed by atoms with Gasteiger partial charge in [-0.15, -0.1) is 0 Å². The Labute approximate surface area is 154 Å². The lowest BCUT2D eigenvalue weighted by Crippen LogP contribution is -2.54. The Hall–Kier alpha value is -2.38. The van der Waals surface area contributed by atoms with Crippen molar-refractivity contribution in [2.24, 2.45) is 0 Å². The van der Waals surface area contributed by atoms with Gasteiger partial charge in [-0.2, -0.15) is 4.72 Å². The number of hydrogen-bond acceptors (Lipinski definition) is 4. The molecule has 0 saturated carbocycles. The summed E-state index contributed by atoms with van der Waals surface area (Å²) >= 11 is 0. The fourth-order valence-corrected chi connectivity index (χ4v) is 4.27. The molecule has 1 amide bonds. The number of sulfonamides is 1. The predicted octanol–water partition coefficient (Wildman–Crippen LogP) is 1.70. The summed E-state index contributed by atoms with van der Waals surface area (Å²) in [6.07, 6.45) is 0. The first-order chi connectivity index (χ1) is 12.5. The molecule has 1 aliphatic heterocycles. The van der Waals surface area contributed by atoms with Crippen molar-refractivity contribution in [3.05, 3.63) is 60.7 Å². The van der Waals surface area contributed by atoms with Crippen molar-refractivity contribution in [1.82, 2.24) is 9.62 Å². The van der Waals surface area contributed by atoms with Crippen molar-refractivity contribution in [3.63, 3.8) is 0 Å². The fourth-order valence-electron chi connectivity index (χ4n) is 3.05. The molecule has 2 aromatic rings. The molecular weight excluding hydrogens is 350 g/mol. The topological polar surface area (TPSA) is 69.7 Å². The number of carbonyl (C=O) groups is 1. The second-order valence-electron chi connectivity index (χ2n) is 6.30. The molecule has 1 atom stereocenters. The van der Waals surface area contributed by atoms with E-state index in [4.69, 9.17) is 0 Å². The third-order valence-electron chi connectivity index (χ3n) is 4.47. The Morgan fingerprint density at radius 2 is 1.46 bits per heavy atom. The quantitative estimate of drug-likeness (QED) is 0.866. The molecule has 1 saturated heterocycles. The zero-order valence-electron chi connectivity index (χ0n) is 14.7. The Balaban J connectivity index is 1.58. The molecule has 0 bridgehead atoms. The Morgan fingerprint density at radius 1 is 0.923 bits per heavy atom. The SMILES string of the molecule is C[C@H](NS(=O)(=O)c1ccccc1)C(=O)N1CCN(c2ccccc2)CC1. The first kappa shape index (κ1) is 18.4. The smallest absolute Gasteiger partial charge is 0.241 e. The van der Waals surface area contributed by atoms with E-state index in [0.29, 0.717) is 13.1 Å². The number of amides is 1. The summed E-state index contributed by atoms with van der Waals surface area (Å²) in [5.74, 6) is -0.197. The normalized spacial score (nSPS) is 16.3. The molecule has 0 unspecified atom stereocenters. The van der Waals surface area contributed by atoms with E-state index in [2.05, 4.69) is 9.62 Å². The van der Waals surface area contributed by atoms with Crippen LogP contribution in [0.5, 0.6) is 0 Å². The van der Waals surface area contributed by atoms with E-state index >= 15 is 0 Å². The zero-order valence-corrected chi connectivity index (χ0v) is 15.5. The fraction of sp³-hybridized carbons (Fsp3) is 0.316. The highest BCUT2D eigenvalue weighted by molar-refractivity contribution is 7.89. The number of nitrogens with zero attached hydrogens (tertiary/aromatic N) is 2. The number of nitrogens with one attached hydrogen (secondary N) is 1. The van der Waals surface area contributed by atoms with Crippen molar-refractivity contribution in [1.29, 1.82) is 0 Å². The summed E-state index contributed by atoms with van der Waals surface area (Å²) in [5, 5.41) is 0. The van der Waals surface area contributed by atoms with Crippen LogP contribution < -0.4 is 9.62 Å². The van der Waals surface area contributed by atoms with Gasteiger partial charge in [0.1, 0.15) is 0 Å². The molecule has 7 heteroatoms. The molecule has 1 heterocycles. The number of para-hydroxylation sites is 1. The van der Waals surface area contributed by atoms with Gasteiger partial charge in [0.25, 0.3) is 0 Å². The lowest BCUT2D eigenvalue weighted by atomic mass is 10.2. The molecule has 3 rings (SSSR count). The van der Waals surface area contributed by atoms with E-state index in [-0.39, 0.29) is 10.8 Å². The number of carbonyl (C=O) groups excluding carboxylic acids is 1. The highest BCUT2D eigenvalue weighted by atomic mass is 32.2. The first-order valence-electron chi connectivity index (χ1n) is 8.63. The number of hydrogen-bond donors (Lipinski definition) is 1. The minimum Gasteiger partial charge on any atom is -0.368 e. The van der Waals surface area contributed by atoms with E-state index in [1.807, 2.05) is 30.3 Å². The van der Waals surface area contributed by atoms with E-state index in [1.54, 1.807) is 30.0 Å². The largest absolute Gasteiger partial charge is 0.368 e. The van der Waals surface area contributed by atoms with Crippen molar-refractivity contribution in [2.45, 2.75) is 17.9 Å². The molecule has 0 aliphatic carbocycles. The van der Waals surface area contributed by atoms with Crippen LogP contribution in [0, 0.1) is 0 Å². The number of rotatable bonds is 5. The standard InChI is InChI=1S/C19H23N3O3S/c1-16(20-26(24,25)18-10-6-3-7-11-18)19(23)22-14-12-21(13-15-22)17-8-4-2-5-9-17/h2-11,16,20H,12-15H2,1H3/t16-/m0/s1. The maximum Gasteiger partial charge on any atom is 0.241 e. The summed E-state index contributed by atoms with van der Waals surface area (Å²) in [5.41, 5.74) is 1.14. The third-order valence-corrected chi connectivity index (χ3v) is 6.03. The summed E-state index contributed by atoms with van der Waals surface area (Å²) in [4.78, 5) is 16.7. The number of anilines is 1. The minimum absolute atomic E-state index is 0.161.